The van der Waals surface area contributed by atoms with Gasteiger partial charge in [-0.25, -0.2) is 0 Å². The molecule has 0 saturated carbocycles. The smallest absolute Gasteiger partial charge is 0.00719 e. The maximum atomic E-state index is 2.26. The third-order valence-corrected chi connectivity index (χ3v) is 3.94. The fourth-order valence-corrected chi connectivity index (χ4v) is 2.66. The molecule has 80 valence electrons. The lowest BCUT2D eigenvalue weighted by atomic mass is 10.2. The zero-order valence-electron chi connectivity index (χ0n) is 9.33. The van der Waals surface area contributed by atoms with Gasteiger partial charge in [0.1, 0.15) is 0 Å². The number of rotatable bonds is 6. The van der Waals surface area contributed by atoms with Crippen molar-refractivity contribution in [3.8, 4) is 0 Å². The van der Waals surface area contributed by atoms with Crippen LogP contribution in [0, 0.1) is 0 Å². The Morgan fingerprint density at radius 1 is 1.13 bits per heavy atom. The highest BCUT2D eigenvalue weighted by Crippen LogP contribution is 2.34. The Morgan fingerprint density at radius 2 is 1.87 bits per heavy atom. The van der Waals surface area contributed by atoms with Gasteiger partial charge in [0.25, 0.3) is 0 Å². The van der Waals surface area contributed by atoms with Crippen molar-refractivity contribution in [2.75, 3.05) is 5.75 Å². The summed E-state index contributed by atoms with van der Waals surface area (Å²) < 4.78 is 0. The number of unbranched alkanes of at least 4 members (excludes halogenated alkanes) is 1. The van der Waals surface area contributed by atoms with Crippen LogP contribution in [0.25, 0.3) is 0 Å². The van der Waals surface area contributed by atoms with E-state index in [4.69, 9.17) is 0 Å². The number of thioether (sulfide) groups is 1. The van der Waals surface area contributed by atoms with Crippen LogP contribution in [0.1, 0.15) is 32.6 Å². The van der Waals surface area contributed by atoms with Gasteiger partial charge in [0.05, 0.1) is 0 Å². The molecule has 0 saturated heterocycles. The molecule has 2 rings (SSSR count). The summed E-state index contributed by atoms with van der Waals surface area (Å²) in [5.41, 5.74) is 3.37. The van der Waals surface area contributed by atoms with Crippen LogP contribution < -0.4 is 0 Å². The third kappa shape index (κ3) is 3.75. The van der Waals surface area contributed by atoms with E-state index in [1.807, 2.05) is 11.8 Å². The number of benzene rings is 1. The van der Waals surface area contributed by atoms with E-state index in [0.717, 1.165) is 0 Å². The average Bonchev–Trinajstić information content (AvgIpc) is 2.96. The predicted molar refractivity (Wildman–Crippen MR) is 68.3 cm³/mol. The summed E-state index contributed by atoms with van der Waals surface area (Å²) in [4.78, 5) is 1.40. The van der Waals surface area contributed by atoms with Gasteiger partial charge in [-0.3, -0.25) is 0 Å². The summed E-state index contributed by atoms with van der Waals surface area (Å²) in [6.45, 7) is 2.26. The van der Waals surface area contributed by atoms with Crippen LogP contribution in [0.2, 0.25) is 0 Å². The molecule has 1 aliphatic rings. The first-order valence-electron chi connectivity index (χ1n) is 5.71. The Hall–Kier alpha value is -0.690. The van der Waals surface area contributed by atoms with E-state index in [-0.39, 0.29) is 0 Å². The van der Waals surface area contributed by atoms with Crippen molar-refractivity contribution in [1.82, 2.24) is 0 Å². The normalized spacial score (nSPS) is 14.5. The summed E-state index contributed by atoms with van der Waals surface area (Å²) in [6, 6.07) is 10.7. The van der Waals surface area contributed by atoms with Crippen molar-refractivity contribution < 1.29 is 0 Å². The fourth-order valence-electron chi connectivity index (χ4n) is 1.72. The highest BCUT2D eigenvalue weighted by molar-refractivity contribution is 7.99. The molecule has 0 spiro atoms. The zero-order valence-corrected chi connectivity index (χ0v) is 10.1. The van der Waals surface area contributed by atoms with Crippen molar-refractivity contribution in [1.29, 1.82) is 0 Å². The van der Waals surface area contributed by atoms with Gasteiger partial charge in [0.15, 0.2) is 0 Å². The van der Waals surface area contributed by atoms with Gasteiger partial charge in [-0.1, -0.05) is 29.3 Å². The Kier molecular flexibility index (Phi) is 3.90. The summed E-state index contributed by atoms with van der Waals surface area (Å²) >= 11 is 1.98. The maximum absolute atomic E-state index is 2.26. The number of hydrogen-bond acceptors (Lipinski definition) is 1. The van der Waals surface area contributed by atoms with Crippen LogP contribution in [-0.4, -0.2) is 5.75 Å². The van der Waals surface area contributed by atoms with Crippen LogP contribution in [-0.2, 0) is 0 Å². The van der Waals surface area contributed by atoms with Crippen molar-refractivity contribution in [3.05, 3.63) is 41.5 Å². The molecule has 0 aliphatic heterocycles. The average molecular weight is 218 g/mol. The van der Waals surface area contributed by atoms with Gasteiger partial charge in [-0.2, -0.15) is 0 Å². The predicted octanol–water partition coefficient (Wildman–Crippen LogP) is 4.67. The molecule has 15 heavy (non-hydrogen) atoms. The van der Waals surface area contributed by atoms with Crippen LogP contribution >= 0.6 is 11.8 Å². The van der Waals surface area contributed by atoms with E-state index in [0.29, 0.717) is 0 Å². The van der Waals surface area contributed by atoms with E-state index in [1.54, 1.807) is 11.1 Å². The van der Waals surface area contributed by atoms with Crippen LogP contribution in [0.15, 0.2) is 46.4 Å². The molecule has 0 fully saturated rings. The van der Waals surface area contributed by atoms with E-state index < -0.39 is 0 Å². The van der Waals surface area contributed by atoms with Crippen molar-refractivity contribution in [3.63, 3.8) is 0 Å². The lowest BCUT2D eigenvalue weighted by molar-refractivity contribution is 0.806. The maximum Gasteiger partial charge on any atom is 0.00719 e. The molecule has 0 unspecified atom stereocenters. The minimum atomic E-state index is 1.26. The van der Waals surface area contributed by atoms with E-state index in [1.165, 1.54) is 36.3 Å². The molecule has 0 N–H and O–H groups in total. The topological polar surface area (TPSA) is 0 Å². The molecule has 0 radical (unpaired) electrons. The summed E-state index contributed by atoms with van der Waals surface area (Å²) in [7, 11) is 0. The Balaban J connectivity index is 1.56. The molecule has 1 heteroatoms. The molecule has 1 aliphatic carbocycles. The van der Waals surface area contributed by atoms with Gasteiger partial charge in [-0.05, 0) is 50.5 Å². The highest BCUT2D eigenvalue weighted by atomic mass is 32.2. The highest BCUT2D eigenvalue weighted by Gasteiger charge is 2.14. The standard InChI is InChI=1S/C14H18S/c1-12-11-13(12)7-5-6-10-15-14-8-3-2-4-9-14/h2-4,8-9H,5-7,10-11H2,1H3. The number of hydrogen-bond donors (Lipinski definition) is 0. The zero-order chi connectivity index (χ0) is 10.5. The monoisotopic (exact) mass is 218 g/mol. The largest absolute Gasteiger partial charge is 0.126 e. The summed E-state index contributed by atoms with van der Waals surface area (Å²) in [5.74, 6) is 1.26. The SMILES string of the molecule is CC1=C(CCCCSc2ccccc2)C1. The van der Waals surface area contributed by atoms with E-state index in [9.17, 15) is 0 Å². The molecule has 1 aromatic carbocycles. The van der Waals surface area contributed by atoms with E-state index in [2.05, 4.69) is 37.3 Å². The second kappa shape index (κ2) is 5.41. The summed E-state index contributed by atoms with van der Waals surface area (Å²) in [6.07, 6.45) is 5.38. The lowest BCUT2D eigenvalue weighted by Gasteiger charge is -2.00. The first-order valence-corrected chi connectivity index (χ1v) is 6.70. The second-order valence-electron chi connectivity index (χ2n) is 4.18. The van der Waals surface area contributed by atoms with Gasteiger partial charge in [0, 0.05) is 4.90 Å². The molecule has 0 bridgehead atoms. The molecule has 0 heterocycles. The first-order chi connectivity index (χ1) is 7.36. The first kappa shape index (κ1) is 10.8. The Labute approximate surface area is 96.8 Å². The minimum Gasteiger partial charge on any atom is -0.126 e. The van der Waals surface area contributed by atoms with Crippen molar-refractivity contribution >= 4 is 11.8 Å². The lowest BCUT2D eigenvalue weighted by Crippen LogP contribution is -1.80. The summed E-state index contributed by atoms with van der Waals surface area (Å²) in [5, 5.41) is 0. The minimum absolute atomic E-state index is 1.26. The van der Waals surface area contributed by atoms with Crippen LogP contribution in [0.3, 0.4) is 0 Å². The van der Waals surface area contributed by atoms with Gasteiger partial charge in [0.2, 0.25) is 0 Å². The Morgan fingerprint density at radius 3 is 2.53 bits per heavy atom. The second-order valence-corrected chi connectivity index (χ2v) is 5.35. The van der Waals surface area contributed by atoms with Gasteiger partial charge in [-0.15, -0.1) is 11.8 Å². The van der Waals surface area contributed by atoms with Gasteiger partial charge < -0.3 is 0 Å². The van der Waals surface area contributed by atoms with Gasteiger partial charge >= 0.3 is 0 Å². The molecular weight excluding hydrogens is 200 g/mol. The van der Waals surface area contributed by atoms with Crippen molar-refractivity contribution in [2.45, 2.75) is 37.5 Å². The number of allylic oxidation sites excluding steroid dienone is 2. The molecule has 1 aromatic rings. The van der Waals surface area contributed by atoms with Crippen LogP contribution in [0.5, 0.6) is 0 Å². The molecule has 0 aromatic heterocycles. The quantitative estimate of drug-likeness (QED) is 0.380. The third-order valence-electron chi connectivity index (χ3n) is 2.84. The Bertz CT molecular complexity index is 338. The van der Waals surface area contributed by atoms with Crippen LogP contribution in [0.4, 0.5) is 0 Å². The molecule has 0 amide bonds. The molecule has 0 atom stereocenters. The molecule has 0 nitrogen and oxygen atoms in total. The van der Waals surface area contributed by atoms with E-state index >= 15 is 0 Å². The molecular formula is C14H18S. The van der Waals surface area contributed by atoms with Crippen molar-refractivity contribution in [2.24, 2.45) is 0 Å². The fraction of sp³-hybridized carbons (Fsp3) is 0.429.